The second kappa shape index (κ2) is 5.14. The standard InChI is InChI=1S/C12H20N2O4/c1-8(2)14-5-3-4-9(14)6-13-7-10(11(15)16)18-12(13)17/h8-10H,3-7H2,1-2H3,(H,15,16)/t9?,10-/m1/s1. The zero-order valence-corrected chi connectivity index (χ0v) is 10.8. The molecule has 2 rings (SSSR count). The summed E-state index contributed by atoms with van der Waals surface area (Å²) in [6.45, 7) is 6.06. The molecule has 102 valence electrons. The average molecular weight is 256 g/mol. The van der Waals surface area contributed by atoms with Crippen molar-refractivity contribution in [3.8, 4) is 0 Å². The molecular weight excluding hydrogens is 236 g/mol. The van der Waals surface area contributed by atoms with Crippen LogP contribution in [0.2, 0.25) is 0 Å². The molecule has 1 amide bonds. The number of carbonyl (C=O) groups is 2. The van der Waals surface area contributed by atoms with Gasteiger partial charge in [0, 0.05) is 18.6 Å². The Morgan fingerprint density at radius 3 is 2.83 bits per heavy atom. The third-order valence-corrected chi connectivity index (χ3v) is 3.68. The summed E-state index contributed by atoms with van der Waals surface area (Å²) in [5.74, 6) is -1.07. The summed E-state index contributed by atoms with van der Waals surface area (Å²) in [6, 6.07) is 0.775. The number of aliphatic carboxylic acids is 1. The topological polar surface area (TPSA) is 70.1 Å². The number of rotatable bonds is 4. The maximum atomic E-state index is 11.6. The van der Waals surface area contributed by atoms with E-state index >= 15 is 0 Å². The van der Waals surface area contributed by atoms with E-state index < -0.39 is 18.2 Å². The second-order valence-electron chi connectivity index (χ2n) is 5.24. The van der Waals surface area contributed by atoms with Gasteiger partial charge in [-0.15, -0.1) is 0 Å². The van der Waals surface area contributed by atoms with E-state index in [0.29, 0.717) is 18.6 Å². The van der Waals surface area contributed by atoms with Crippen molar-refractivity contribution in [1.82, 2.24) is 9.80 Å². The predicted molar refractivity (Wildman–Crippen MR) is 64.3 cm³/mol. The molecule has 2 saturated heterocycles. The van der Waals surface area contributed by atoms with Crippen LogP contribution >= 0.6 is 0 Å². The van der Waals surface area contributed by atoms with Gasteiger partial charge in [0.1, 0.15) is 0 Å². The lowest BCUT2D eigenvalue weighted by atomic mass is 10.2. The molecule has 0 aliphatic carbocycles. The molecule has 18 heavy (non-hydrogen) atoms. The quantitative estimate of drug-likeness (QED) is 0.804. The highest BCUT2D eigenvalue weighted by Gasteiger charge is 2.38. The van der Waals surface area contributed by atoms with E-state index in [9.17, 15) is 9.59 Å². The molecule has 1 N–H and O–H groups in total. The number of cyclic esters (lactones) is 1. The molecule has 0 aromatic carbocycles. The fraction of sp³-hybridized carbons (Fsp3) is 0.833. The van der Waals surface area contributed by atoms with E-state index in [1.165, 1.54) is 4.90 Å². The van der Waals surface area contributed by atoms with Crippen LogP contribution in [0.25, 0.3) is 0 Å². The van der Waals surface area contributed by atoms with Gasteiger partial charge in [-0.05, 0) is 33.2 Å². The van der Waals surface area contributed by atoms with Gasteiger partial charge in [-0.2, -0.15) is 0 Å². The van der Waals surface area contributed by atoms with Crippen LogP contribution in [-0.2, 0) is 9.53 Å². The molecule has 0 aromatic heterocycles. The van der Waals surface area contributed by atoms with E-state index in [4.69, 9.17) is 9.84 Å². The zero-order valence-electron chi connectivity index (χ0n) is 10.8. The lowest BCUT2D eigenvalue weighted by molar-refractivity contribution is -0.144. The van der Waals surface area contributed by atoms with Crippen LogP contribution in [0.1, 0.15) is 26.7 Å². The van der Waals surface area contributed by atoms with Crippen LogP contribution in [0.15, 0.2) is 0 Å². The minimum Gasteiger partial charge on any atom is -0.478 e. The Morgan fingerprint density at radius 2 is 2.28 bits per heavy atom. The van der Waals surface area contributed by atoms with E-state index in [2.05, 4.69) is 18.7 Å². The summed E-state index contributed by atoms with van der Waals surface area (Å²) in [4.78, 5) is 26.2. The Morgan fingerprint density at radius 1 is 1.56 bits per heavy atom. The number of carboxylic acids is 1. The minimum absolute atomic E-state index is 0.163. The van der Waals surface area contributed by atoms with Crippen LogP contribution in [0.4, 0.5) is 4.79 Å². The monoisotopic (exact) mass is 256 g/mol. The second-order valence-corrected chi connectivity index (χ2v) is 5.24. The van der Waals surface area contributed by atoms with Crippen LogP contribution in [0.5, 0.6) is 0 Å². The van der Waals surface area contributed by atoms with Gasteiger partial charge in [-0.25, -0.2) is 9.59 Å². The first-order valence-corrected chi connectivity index (χ1v) is 6.43. The molecule has 2 atom stereocenters. The molecule has 2 heterocycles. The number of hydrogen-bond acceptors (Lipinski definition) is 4. The molecule has 6 heteroatoms. The fourth-order valence-corrected chi connectivity index (χ4v) is 2.77. The van der Waals surface area contributed by atoms with Crippen molar-refractivity contribution in [3.05, 3.63) is 0 Å². The summed E-state index contributed by atoms with van der Waals surface area (Å²) in [5, 5.41) is 8.84. The molecule has 2 aliphatic rings. The van der Waals surface area contributed by atoms with Gasteiger partial charge in [0.2, 0.25) is 6.10 Å². The number of carbonyl (C=O) groups excluding carboxylic acids is 1. The van der Waals surface area contributed by atoms with E-state index in [-0.39, 0.29) is 6.54 Å². The molecule has 2 aliphatic heterocycles. The van der Waals surface area contributed by atoms with Crippen molar-refractivity contribution < 1.29 is 19.4 Å². The zero-order chi connectivity index (χ0) is 13.3. The van der Waals surface area contributed by atoms with Crippen molar-refractivity contribution in [2.45, 2.75) is 44.9 Å². The number of carboxylic acid groups (broad SMARTS) is 1. The van der Waals surface area contributed by atoms with Crippen molar-refractivity contribution in [2.75, 3.05) is 19.6 Å². The first-order chi connectivity index (χ1) is 8.49. The van der Waals surface area contributed by atoms with E-state index in [0.717, 1.165) is 19.4 Å². The summed E-state index contributed by atoms with van der Waals surface area (Å²) < 4.78 is 4.81. The molecule has 0 aromatic rings. The van der Waals surface area contributed by atoms with E-state index in [1.54, 1.807) is 0 Å². The third-order valence-electron chi connectivity index (χ3n) is 3.68. The smallest absolute Gasteiger partial charge is 0.410 e. The Bertz CT molecular complexity index is 345. The number of nitrogens with zero attached hydrogens (tertiary/aromatic N) is 2. The first-order valence-electron chi connectivity index (χ1n) is 6.43. The van der Waals surface area contributed by atoms with Crippen LogP contribution in [0, 0.1) is 0 Å². The van der Waals surface area contributed by atoms with Crippen molar-refractivity contribution in [2.24, 2.45) is 0 Å². The highest BCUT2D eigenvalue weighted by molar-refractivity contribution is 5.81. The van der Waals surface area contributed by atoms with Crippen molar-refractivity contribution in [1.29, 1.82) is 0 Å². The average Bonchev–Trinajstić information content (AvgIpc) is 2.87. The van der Waals surface area contributed by atoms with Gasteiger partial charge in [-0.3, -0.25) is 4.90 Å². The molecule has 1 unspecified atom stereocenters. The Kier molecular flexibility index (Phi) is 3.75. The third kappa shape index (κ3) is 2.58. The number of ether oxygens (including phenoxy) is 1. The molecule has 0 bridgehead atoms. The lowest BCUT2D eigenvalue weighted by Crippen LogP contribution is -2.44. The van der Waals surface area contributed by atoms with Crippen molar-refractivity contribution >= 4 is 12.1 Å². The molecular formula is C12H20N2O4. The fourth-order valence-electron chi connectivity index (χ4n) is 2.77. The van der Waals surface area contributed by atoms with Crippen LogP contribution in [-0.4, -0.2) is 64.8 Å². The SMILES string of the molecule is CC(C)N1CCCC1CN1C[C@H](C(=O)O)OC1=O. The minimum atomic E-state index is -1.07. The maximum absolute atomic E-state index is 11.6. The number of amides is 1. The summed E-state index contributed by atoms with van der Waals surface area (Å²) >= 11 is 0. The van der Waals surface area contributed by atoms with Gasteiger partial charge < -0.3 is 14.7 Å². The number of hydrogen-bond donors (Lipinski definition) is 1. The summed E-state index contributed by atoms with van der Waals surface area (Å²) in [5.41, 5.74) is 0. The largest absolute Gasteiger partial charge is 0.478 e. The highest BCUT2D eigenvalue weighted by atomic mass is 16.6. The molecule has 0 spiro atoms. The maximum Gasteiger partial charge on any atom is 0.410 e. The molecule has 0 radical (unpaired) electrons. The summed E-state index contributed by atoms with van der Waals surface area (Å²) in [7, 11) is 0. The van der Waals surface area contributed by atoms with Crippen LogP contribution in [0.3, 0.4) is 0 Å². The molecule has 6 nitrogen and oxygen atoms in total. The highest BCUT2D eigenvalue weighted by Crippen LogP contribution is 2.22. The van der Waals surface area contributed by atoms with Gasteiger partial charge >= 0.3 is 12.1 Å². The first kappa shape index (κ1) is 13.1. The van der Waals surface area contributed by atoms with Crippen molar-refractivity contribution in [3.63, 3.8) is 0 Å². The molecule has 2 fully saturated rings. The Hall–Kier alpha value is -1.30. The Labute approximate surface area is 106 Å². The van der Waals surface area contributed by atoms with Gasteiger partial charge in [0.25, 0.3) is 0 Å². The van der Waals surface area contributed by atoms with Crippen LogP contribution < -0.4 is 0 Å². The van der Waals surface area contributed by atoms with Gasteiger partial charge in [0.05, 0.1) is 6.54 Å². The van der Waals surface area contributed by atoms with Gasteiger partial charge in [-0.1, -0.05) is 0 Å². The normalized spacial score (nSPS) is 29.1. The summed E-state index contributed by atoms with van der Waals surface area (Å²) in [6.07, 6.45) is 0.678. The van der Waals surface area contributed by atoms with Gasteiger partial charge in [0.15, 0.2) is 0 Å². The number of likely N-dealkylation sites (tertiary alicyclic amines) is 1. The molecule has 0 saturated carbocycles. The Balaban J connectivity index is 1.93. The predicted octanol–water partition coefficient (Wildman–Crippen LogP) is 0.765. The lowest BCUT2D eigenvalue weighted by Gasteiger charge is -2.30. The van der Waals surface area contributed by atoms with E-state index in [1.807, 2.05) is 0 Å².